The van der Waals surface area contributed by atoms with Crippen LogP contribution in [-0.2, 0) is 4.79 Å². The Bertz CT molecular complexity index is 933. The number of ether oxygens (including phenoxy) is 2. The predicted octanol–water partition coefficient (Wildman–Crippen LogP) is 4.54. The number of nitrogens with one attached hydrogen (secondary N) is 1. The zero-order valence-corrected chi connectivity index (χ0v) is 15.9. The van der Waals surface area contributed by atoms with Crippen molar-refractivity contribution in [1.29, 1.82) is 0 Å². The standard InChI is InChI=1S/C17H13Cl2N3O3S/c1-24-13-4-2-3-5-14(13)25-9-15(23)20-17-22-21-16(26-17)11-7-6-10(18)8-12(11)19/h2-8H,9H2,1H3,(H,20,22,23). The molecule has 1 aromatic heterocycles. The van der Waals surface area contributed by atoms with Crippen LogP contribution in [-0.4, -0.2) is 29.8 Å². The second-order valence-electron chi connectivity index (χ2n) is 5.02. The lowest BCUT2D eigenvalue weighted by Crippen LogP contribution is -2.20. The SMILES string of the molecule is COc1ccccc1OCC(=O)Nc1nnc(-c2ccc(Cl)cc2Cl)s1. The van der Waals surface area contributed by atoms with E-state index in [1.807, 2.05) is 6.07 Å². The van der Waals surface area contributed by atoms with Crippen molar-refractivity contribution in [2.24, 2.45) is 0 Å². The number of amides is 1. The number of hydrogen-bond acceptors (Lipinski definition) is 6. The van der Waals surface area contributed by atoms with Crippen LogP contribution in [0.3, 0.4) is 0 Å². The van der Waals surface area contributed by atoms with Crippen LogP contribution in [0.1, 0.15) is 0 Å². The molecule has 0 saturated heterocycles. The van der Waals surface area contributed by atoms with Crippen molar-refractivity contribution in [3.05, 3.63) is 52.5 Å². The largest absolute Gasteiger partial charge is 0.493 e. The summed E-state index contributed by atoms with van der Waals surface area (Å²) in [6.45, 7) is -0.184. The van der Waals surface area contributed by atoms with E-state index in [1.165, 1.54) is 18.4 Å². The minimum atomic E-state index is -0.360. The Labute approximate surface area is 163 Å². The molecule has 134 valence electrons. The number of para-hydroxylation sites is 2. The minimum Gasteiger partial charge on any atom is -0.493 e. The van der Waals surface area contributed by atoms with E-state index in [1.54, 1.807) is 36.4 Å². The van der Waals surface area contributed by atoms with Gasteiger partial charge in [0.25, 0.3) is 5.91 Å². The number of methoxy groups -OCH3 is 1. The maximum atomic E-state index is 12.1. The molecule has 0 aliphatic carbocycles. The first-order chi connectivity index (χ1) is 12.6. The summed E-state index contributed by atoms with van der Waals surface area (Å²) in [5.74, 6) is 0.674. The van der Waals surface area contributed by atoms with Crippen LogP contribution in [0.4, 0.5) is 5.13 Å². The summed E-state index contributed by atoms with van der Waals surface area (Å²) in [5, 5.41) is 12.6. The average molecular weight is 410 g/mol. The lowest BCUT2D eigenvalue weighted by atomic mass is 10.2. The number of nitrogens with zero attached hydrogens (tertiary/aromatic N) is 2. The highest BCUT2D eigenvalue weighted by atomic mass is 35.5. The molecular weight excluding hydrogens is 397 g/mol. The predicted molar refractivity (Wildman–Crippen MR) is 102 cm³/mol. The molecule has 0 fully saturated rings. The number of benzene rings is 2. The summed E-state index contributed by atoms with van der Waals surface area (Å²) in [7, 11) is 1.53. The van der Waals surface area contributed by atoms with Gasteiger partial charge in [-0.2, -0.15) is 0 Å². The summed E-state index contributed by atoms with van der Waals surface area (Å²) in [5.41, 5.74) is 0.694. The summed E-state index contributed by atoms with van der Waals surface area (Å²) in [6.07, 6.45) is 0. The van der Waals surface area contributed by atoms with E-state index in [2.05, 4.69) is 15.5 Å². The van der Waals surface area contributed by atoms with Gasteiger partial charge in [0.2, 0.25) is 5.13 Å². The summed E-state index contributed by atoms with van der Waals surface area (Å²) < 4.78 is 10.6. The van der Waals surface area contributed by atoms with E-state index >= 15 is 0 Å². The second-order valence-corrected chi connectivity index (χ2v) is 6.85. The van der Waals surface area contributed by atoms with Gasteiger partial charge < -0.3 is 9.47 Å². The first kappa shape index (κ1) is 18.4. The van der Waals surface area contributed by atoms with Crippen LogP contribution >= 0.6 is 34.5 Å². The zero-order valence-electron chi connectivity index (χ0n) is 13.5. The highest BCUT2D eigenvalue weighted by molar-refractivity contribution is 7.18. The number of halogens is 2. The number of anilines is 1. The molecule has 0 spiro atoms. The Morgan fingerprint density at radius 2 is 1.92 bits per heavy atom. The van der Waals surface area contributed by atoms with Crippen LogP contribution in [0.15, 0.2) is 42.5 Å². The molecule has 6 nitrogen and oxygen atoms in total. The van der Waals surface area contributed by atoms with Gasteiger partial charge in [-0.25, -0.2) is 0 Å². The van der Waals surface area contributed by atoms with Gasteiger partial charge in [0.05, 0.1) is 12.1 Å². The van der Waals surface area contributed by atoms with Crippen molar-refractivity contribution in [2.75, 3.05) is 19.0 Å². The fraction of sp³-hybridized carbons (Fsp3) is 0.118. The first-order valence-electron chi connectivity index (χ1n) is 7.41. The van der Waals surface area contributed by atoms with Gasteiger partial charge in [0, 0.05) is 10.6 Å². The van der Waals surface area contributed by atoms with Crippen molar-refractivity contribution < 1.29 is 14.3 Å². The van der Waals surface area contributed by atoms with Crippen molar-refractivity contribution in [1.82, 2.24) is 10.2 Å². The first-order valence-corrected chi connectivity index (χ1v) is 8.98. The molecule has 2 aromatic carbocycles. The molecule has 9 heteroatoms. The number of hydrogen-bond donors (Lipinski definition) is 1. The van der Waals surface area contributed by atoms with Crippen molar-refractivity contribution >= 4 is 45.6 Å². The van der Waals surface area contributed by atoms with Gasteiger partial charge in [0.1, 0.15) is 0 Å². The van der Waals surface area contributed by atoms with Crippen molar-refractivity contribution in [3.63, 3.8) is 0 Å². The molecule has 0 bridgehead atoms. The van der Waals surface area contributed by atoms with Crippen LogP contribution in [0, 0.1) is 0 Å². The van der Waals surface area contributed by atoms with Gasteiger partial charge >= 0.3 is 0 Å². The molecule has 1 amide bonds. The number of carbonyl (C=O) groups is 1. The molecule has 3 aromatic rings. The third-order valence-corrected chi connectivity index (χ3v) is 4.68. The third kappa shape index (κ3) is 4.43. The van der Waals surface area contributed by atoms with E-state index in [0.29, 0.717) is 37.2 Å². The summed E-state index contributed by atoms with van der Waals surface area (Å²) in [4.78, 5) is 12.1. The Kier molecular flexibility index (Phi) is 5.92. The van der Waals surface area contributed by atoms with Gasteiger partial charge in [-0.3, -0.25) is 10.1 Å². The van der Waals surface area contributed by atoms with E-state index in [4.69, 9.17) is 32.7 Å². The Morgan fingerprint density at radius 1 is 1.15 bits per heavy atom. The van der Waals surface area contributed by atoms with Crippen LogP contribution in [0.2, 0.25) is 10.0 Å². The Balaban J connectivity index is 1.63. The highest BCUT2D eigenvalue weighted by Crippen LogP contribution is 2.33. The summed E-state index contributed by atoms with van der Waals surface area (Å²) in [6, 6.07) is 12.2. The molecular formula is C17H13Cl2N3O3S. The smallest absolute Gasteiger partial charge is 0.264 e. The van der Waals surface area contributed by atoms with Gasteiger partial charge in [0.15, 0.2) is 23.1 Å². The van der Waals surface area contributed by atoms with Crippen LogP contribution in [0.25, 0.3) is 10.6 Å². The van der Waals surface area contributed by atoms with Gasteiger partial charge in [-0.05, 0) is 30.3 Å². The van der Waals surface area contributed by atoms with E-state index in [-0.39, 0.29) is 12.5 Å². The lowest BCUT2D eigenvalue weighted by Gasteiger charge is -2.09. The van der Waals surface area contributed by atoms with Crippen LogP contribution < -0.4 is 14.8 Å². The fourth-order valence-corrected chi connectivity index (χ4v) is 3.44. The average Bonchev–Trinajstić information content (AvgIpc) is 3.08. The second kappa shape index (κ2) is 8.35. The van der Waals surface area contributed by atoms with Gasteiger partial charge in [-0.15, -0.1) is 10.2 Å². The Morgan fingerprint density at radius 3 is 2.65 bits per heavy atom. The number of aromatic nitrogens is 2. The fourth-order valence-electron chi connectivity index (χ4n) is 2.08. The molecule has 0 aliphatic rings. The normalized spacial score (nSPS) is 10.4. The molecule has 1 heterocycles. The maximum Gasteiger partial charge on any atom is 0.264 e. The molecule has 1 N–H and O–H groups in total. The summed E-state index contributed by atoms with van der Waals surface area (Å²) >= 11 is 13.3. The zero-order chi connectivity index (χ0) is 18.5. The molecule has 0 aliphatic heterocycles. The maximum absolute atomic E-state index is 12.1. The number of carbonyl (C=O) groups excluding carboxylic acids is 1. The molecule has 26 heavy (non-hydrogen) atoms. The lowest BCUT2D eigenvalue weighted by molar-refractivity contribution is -0.118. The molecule has 0 unspecified atom stereocenters. The number of rotatable bonds is 6. The van der Waals surface area contributed by atoms with E-state index in [0.717, 1.165) is 0 Å². The van der Waals surface area contributed by atoms with Crippen LogP contribution in [0.5, 0.6) is 11.5 Å². The van der Waals surface area contributed by atoms with E-state index < -0.39 is 0 Å². The topological polar surface area (TPSA) is 73.3 Å². The Hall–Kier alpha value is -2.35. The van der Waals surface area contributed by atoms with Crippen molar-refractivity contribution in [2.45, 2.75) is 0 Å². The molecule has 0 radical (unpaired) electrons. The molecule has 0 atom stereocenters. The highest BCUT2D eigenvalue weighted by Gasteiger charge is 2.13. The quantitative estimate of drug-likeness (QED) is 0.646. The van der Waals surface area contributed by atoms with Crippen molar-refractivity contribution in [3.8, 4) is 22.1 Å². The molecule has 3 rings (SSSR count). The minimum absolute atomic E-state index is 0.184. The monoisotopic (exact) mass is 409 g/mol. The van der Waals surface area contributed by atoms with Gasteiger partial charge in [-0.1, -0.05) is 46.7 Å². The van der Waals surface area contributed by atoms with E-state index in [9.17, 15) is 4.79 Å². The molecule has 0 saturated carbocycles. The third-order valence-electron chi connectivity index (χ3n) is 3.26.